The number of hydrogen-bond acceptors (Lipinski definition) is 2. The van der Waals surface area contributed by atoms with Crippen molar-refractivity contribution in [1.82, 2.24) is 0 Å². The van der Waals surface area contributed by atoms with E-state index in [2.05, 4.69) is 35.5 Å². The highest BCUT2D eigenvalue weighted by atomic mass is 19.3. The fourth-order valence-electron chi connectivity index (χ4n) is 6.84. The van der Waals surface area contributed by atoms with Gasteiger partial charge in [-0.25, -0.2) is 8.78 Å². The summed E-state index contributed by atoms with van der Waals surface area (Å²) in [6, 6.07) is 23.6. The molecule has 2 nitrogen and oxygen atoms in total. The van der Waals surface area contributed by atoms with Crippen molar-refractivity contribution in [1.29, 1.82) is 0 Å². The first-order valence-electron chi connectivity index (χ1n) is 16.7. The first-order chi connectivity index (χ1) is 23.0. The molecule has 0 N–H and O–H groups in total. The van der Waals surface area contributed by atoms with Gasteiger partial charge in [0.05, 0.1) is 0 Å². The van der Waals surface area contributed by atoms with Gasteiger partial charge in [0, 0.05) is 5.56 Å². The summed E-state index contributed by atoms with van der Waals surface area (Å²) in [5, 5.41) is 0. The molecule has 0 heterocycles. The summed E-state index contributed by atoms with van der Waals surface area (Å²) in [6.07, 6.45) is 9.58. The molecular weight excluding hydrogens is 626 g/mol. The number of alkyl halides is 4. The molecule has 2 aliphatic rings. The predicted molar refractivity (Wildman–Crippen MR) is 178 cm³/mol. The lowest BCUT2D eigenvalue weighted by Gasteiger charge is -2.26. The molecule has 4 aromatic rings. The first-order valence-corrected chi connectivity index (χ1v) is 16.7. The second-order valence-electron chi connectivity index (χ2n) is 13.2. The third-order valence-electron chi connectivity index (χ3n) is 9.75. The van der Waals surface area contributed by atoms with Gasteiger partial charge in [0.1, 0.15) is 11.6 Å². The molecule has 4 aromatic carbocycles. The molecule has 0 unspecified atom stereocenters. The van der Waals surface area contributed by atoms with Crippen LogP contribution < -0.4 is 9.47 Å². The van der Waals surface area contributed by atoms with Crippen molar-refractivity contribution >= 4 is 0 Å². The monoisotopic (exact) mass is 668 g/mol. The van der Waals surface area contributed by atoms with Gasteiger partial charge >= 0.3 is 13.2 Å². The smallest absolute Gasteiger partial charge is 0.387 e. The fourth-order valence-corrected chi connectivity index (χ4v) is 6.84. The zero-order chi connectivity index (χ0) is 34.2. The van der Waals surface area contributed by atoms with Crippen LogP contribution in [0.5, 0.6) is 11.5 Å². The van der Waals surface area contributed by atoms with Gasteiger partial charge in [0.2, 0.25) is 0 Å². The average Bonchev–Trinajstić information content (AvgIpc) is 3.07. The minimum atomic E-state index is -3.03. The van der Waals surface area contributed by atoms with Crippen molar-refractivity contribution in [3.8, 4) is 33.8 Å². The molecule has 0 amide bonds. The lowest BCUT2D eigenvalue weighted by atomic mass is 9.79. The van der Waals surface area contributed by atoms with Crippen LogP contribution in [-0.4, -0.2) is 13.2 Å². The highest BCUT2D eigenvalue weighted by molar-refractivity contribution is 5.66. The van der Waals surface area contributed by atoms with Crippen LogP contribution in [0.1, 0.15) is 88.2 Å². The van der Waals surface area contributed by atoms with E-state index in [1.165, 1.54) is 68.4 Å². The number of rotatable bonds is 8. The molecule has 2 saturated carbocycles. The topological polar surface area (TPSA) is 18.5 Å². The van der Waals surface area contributed by atoms with Crippen LogP contribution in [0.15, 0.2) is 84.9 Å². The highest BCUT2D eigenvalue weighted by Crippen LogP contribution is 2.38. The van der Waals surface area contributed by atoms with Gasteiger partial charge in [-0.05, 0) is 108 Å². The largest absolute Gasteiger partial charge is 0.435 e. The Morgan fingerprint density at radius 3 is 1.52 bits per heavy atom. The molecule has 48 heavy (non-hydrogen) atoms. The van der Waals surface area contributed by atoms with E-state index in [-0.39, 0.29) is 11.6 Å². The highest BCUT2D eigenvalue weighted by Gasteiger charge is 2.22. The van der Waals surface area contributed by atoms with Crippen LogP contribution in [0.25, 0.3) is 22.3 Å². The van der Waals surface area contributed by atoms with Crippen LogP contribution in [0, 0.1) is 23.5 Å². The van der Waals surface area contributed by atoms with Crippen molar-refractivity contribution < 1.29 is 35.8 Å². The summed E-state index contributed by atoms with van der Waals surface area (Å²) < 4.78 is 85.5. The van der Waals surface area contributed by atoms with Crippen molar-refractivity contribution in [3.63, 3.8) is 0 Å². The minimum Gasteiger partial charge on any atom is -0.435 e. The van der Waals surface area contributed by atoms with Crippen molar-refractivity contribution in [2.45, 2.75) is 90.3 Å². The summed E-state index contributed by atoms with van der Waals surface area (Å²) in [6.45, 7) is -1.32. The Kier molecular flexibility index (Phi) is 12.1. The standard InChI is InChI=1S/2C20H21F3O/c1-13-2-4-14(5-3-13)16-8-11-18(19(21)12-16)15-6-9-17(10-7-15)24-20(22)23;1-13-2-4-14(5-3-13)15-6-8-16(9-7-15)17-10-11-19(18(21)12-17)24-20(22)23/h2*6-14,20H,2-5H2,1H3. The quantitative estimate of drug-likeness (QED) is 0.174. The van der Waals surface area contributed by atoms with Gasteiger partial charge in [-0.3, -0.25) is 0 Å². The Morgan fingerprint density at radius 2 is 1.00 bits per heavy atom. The van der Waals surface area contributed by atoms with Gasteiger partial charge in [0.25, 0.3) is 0 Å². The molecule has 2 fully saturated rings. The molecule has 0 aliphatic heterocycles. The molecule has 0 aromatic heterocycles. The molecule has 6 rings (SSSR count). The summed E-state index contributed by atoms with van der Waals surface area (Å²) in [7, 11) is 0. The van der Waals surface area contributed by atoms with Crippen LogP contribution in [0.4, 0.5) is 26.3 Å². The van der Waals surface area contributed by atoms with Gasteiger partial charge in [-0.2, -0.15) is 17.6 Å². The predicted octanol–water partition coefficient (Wildman–Crippen LogP) is 12.8. The normalized spacial score (nSPS) is 21.0. The summed E-state index contributed by atoms with van der Waals surface area (Å²) in [5.74, 6) is 1.22. The molecule has 0 saturated heterocycles. The van der Waals surface area contributed by atoms with Gasteiger partial charge in [-0.1, -0.05) is 94.1 Å². The van der Waals surface area contributed by atoms with Gasteiger partial charge in [0.15, 0.2) is 11.6 Å². The van der Waals surface area contributed by atoms with Crippen molar-refractivity contribution in [3.05, 3.63) is 108 Å². The van der Waals surface area contributed by atoms with E-state index in [1.807, 2.05) is 18.2 Å². The SMILES string of the molecule is CC1CCC(c2ccc(-c3ccc(OC(F)F)c(F)c3)cc2)CC1.CC1CCC(c2ccc(-c3ccc(OC(F)F)cc3)c(F)c2)CC1. The summed E-state index contributed by atoms with van der Waals surface area (Å²) in [5.41, 5.74) is 5.03. The molecular formula is C40H42F6O2. The van der Waals surface area contributed by atoms with Crippen molar-refractivity contribution in [2.75, 3.05) is 0 Å². The zero-order valence-corrected chi connectivity index (χ0v) is 27.3. The van der Waals surface area contributed by atoms with E-state index in [9.17, 15) is 26.3 Å². The zero-order valence-electron chi connectivity index (χ0n) is 27.3. The van der Waals surface area contributed by atoms with Crippen LogP contribution in [0.2, 0.25) is 0 Å². The summed E-state index contributed by atoms with van der Waals surface area (Å²) >= 11 is 0. The molecule has 2 aliphatic carbocycles. The second-order valence-corrected chi connectivity index (χ2v) is 13.2. The third kappa shape index (κ3) is 9.57. The van der Waals surface area contributed by atoms with E-state index in [4.69, 9.17) is 0 Å². The third-order valence-corrected chi connectivity index (χ3v) is 9.75. The Bertz CT molecular complexity index is 1590. The molecule has 0 radical (unpaired) electrons. The molecule has 0 bridgehead atoms. The van der Waals surface area contributed by atoms with E-state index in [0.29, 0.717) is 28.5 Å². The Morgan fingerprint density at radius 1 is 0.500 bits per heavy atom. The van der Waals surface area contributed by atoms with Crippen LogP contribution in [0.3, 0.4) is 0 Å². The molecule has 0 spiro atoms. The van der Waals surface area contributed by atoms with E-state index < -0.39 is 24.8 Å². The maximum absolute atomic E-state index is 14.5. The number of benzene rings is 4. The molecule has 256 valence electrons. The first kappa shape index (κ1) is 35.4. The lowest BCUT2D eigenvalue weighted by molar-refractivity contribution is -0.0523. The minimum absolute atomic E-state index is 0.0714. The van der Waals surface area contributed by atoms with E-state index in [1.54, 1.807) is 30.3 Å². The van der Waals surface area contributed by atoms with Crippen LogP contribution in [-0.2, 0) is 0 Å². The average molecular weight is 669 g/mol. The van der Waals surface area contributed by atoms with Crippen molar-refractivity contribution in [2.24, 2.45) is 11.8 Å². The number of ether oxygens (including phenoxy) is 2. The number of hydrogen-bond donors (Lipinski definition) is 0. The summed E-state index contributed by atoms with van der Waals surface area (Å²) in [4.78, 5) is 0. The maximum atomic E-state index is 14.5. The molecule has 8 heteroatoms. The fraction of sp³-hybridized carbons (Fsp3) is 0.400. The Labute approximate surface area is 279 Å². The van der Waals surface area contributed by atoms with Gasteiger partial charge < -0.3 is 9.47 Å². The Hall–Kier alpha value is -3.94. The van der Waals surface area contributed by atoms with E-state index in [0.717, 1.165) is 35.8 Å². The number of halogens is 6. The second kappa shape index (κ2) is 16.4. The maximum Gasteiger partial charge on any atom is 0.387 e. The lowest BCUT2D eigenvalue weighted by Crippen LogP contribution is -2.11. The van der Waals surface area contributed by atoms with E-state index >= 15 is 0 Å². The van der Waals surface area contributed by atoms with Gasteiger partial charge in [-0.15, -0.1) is 0 Å². The Balaban J connectivity index is 0.000000188. The van der Waals surface area contributed by atoms with Crippen LogP contribution >= 0.6 is 0 Å². The molecule has 0 atom stereocenters.